The van der Waals surface area contributed by atoms with Gasteiger partial charge in [-0.2, -0.15) is 0 Å². The number of fused-ring (bicyclic) bond motifs is 1. The van der Waals surface area contributed by atoms with E-state index in [4.69, 9.17) is 16.3 Å². The van der Waals surface area contributed by atoms with Crippen molar-refractivity contribution in [2.75, 3.05) is 7.05 Å². The van der Waals surface area contributed by atoms with Crippen molar-refractivity contribution in [1.29, 1.82) is 0 Å². The monoisotopic (exact) mass is 227 g/mol. The van der Waals surface area contributed by atoms with Crippen LogP contribution in [0.3, 0.4) is 0 Å². The predicted molar refractivity (Wildman–Crippen MR) is 59.7 cm³/mol. The Balaban J connectivity index is 2.48. The molecule has 2 rings (SSSR count). The standard InChI is InChI=1S/C11H14ClNO2/c1-6-3-8-9(12)4-7(5-13-2)10(14)11(8)15-6/h4,6,13-14H,3,5H2,1-2H3. The minimum Gasteiger partial charge on any atom is -0.504 e. The van der Waals surface area contributed by atoms with Crippen molar-refractivity contribution < 1.29 is 9.84 Å². The quantitative estimate of drug-likeness (QED) is 0.813. The number of rotatable bonds is 2. The number of hydrogen-bond acceptors (Lipinski definition) is 3. The number of nitrogens with one attached hydrogen (secondary N) is 1. The van der Waals surface area contributed by atoms with Gasteiger partial charge in [-0.25, -0.2) is 0 Å². The first-order valence-electron chi connectivity index (χ1n) is 4.98. The van der Waals surface area contributed by atoms with Gasteiger partial charge in [-0.1, -0.05) is 11.6 Å². The fourth-order valence-corrected chi connectivity index (χ4v) is 2.17. The van der Waals surface area contributed by atoms with Gasteiger partial charge in [-0.15, -0.1) is 0 Å². The Kier molecular flexibility index (Phi) is 2.76. The third-order valence-corrected chi connectivity index (χ3v) is 2.90. The molecule has 1 unspecified atom stereocenters. The molecule has 0 spiro atoms. The highest BCUT2D eigenvalue weighted by Gasteiger charge is 2.26. The van der Waals surface area contributed by atoms with Gasteiger partial charge in [-0.3, -0.25) is 0 Å². The molecule has 0 aliphatic carbocycles. The molecule has 1 heterocycles. The molecule has 15 heavy (non-hydrogen) atoms. The van der Waals surface area contributed by atoms with E-state index in [0.717, 1.165) is 17.5 Å². The number of halogens is 1. The van der Waals surface area contributed by atoms with Crippen LogP contribution in [0.5, 0.6) is 11.5 Å². The first-order valence-corrected chi connectivity index (χ1v) is 5.35. The number of ether oxygens (including phenoxy) is 1. The third-order valence-electron chi connectivity index (χ3n) is 2.56. The predicted octanol–water partition coefficient (Wildman–Crippen LogP) is 2.09. The van der Waals surface area contributed by atoms with Crippen LogP contribution in [0.4, 0.5) is 0 Å². The van der Waals surface area contributed by atoms with E-state index >= 15 is 0 Å². The SMILES string of the molecule is CNCc1cc(Cl)c2c(c1O)OC(C)C2. The first kappa shape index (κ1) is 10.6. The average Bonchev–Trinajstić information content (AvgIpc) is 2.57. The maximum Gasteiger partial charge on any atom is 0.166 e. The summed E-state index contributed by atoms with van der Waals surface area (Å²) in [6.07, 6.45) is 0.856. The lowest BCUT2D eigenvalue weighted by atomic mass is 10.1. The Morgan fingerprint density at radius 3 is 3.07 bits per heavy atom. The molecule has 0 saturated carbocycles. The van der Waals surface area contributed by atoms with Crippen LogP contribution in [-0.2, 0) is 13.0 Å². The Hall–Kier alpha value is -0.930. The maximum absolute atomic E-state index is 9.96. The number of phenols is 1. The zero-order chi connectivity index (χ0) is 11.0. The van der Waals surface area contributed by atoms with Crippen molar-refractivity contribution in [2.24, 2.45) is 0 Å². The molecule has 0 fully saturated rings. The van der Waals surface area contributed by atoms with Crippen LogP contribution in [0.25, 0.3) is 0 Å². The fourth-order valence-electron chi connectivity index (χ4n) is 1.88. The summed E-state index contributed by atoms with van der Waals surface area (Å²) >= 11 is 6.13. The molecule has 1 aromatic carbocycles. The van der Waals surface area contributed by atoms with Crippen LogP contribution in [0.15, 0.2) is 6.07 Å². The lowest BCUT2D eigenvalue weighted by molar-refractivity contribution is 0.244. The highest BCUT2D eigenvalue weighted by Crippen LogP contribution is 2.43. The van der Waals surface area contributed by atoms with Gasteiger partial charge in [0.05, 0.1) is 0 Å². The Bertz CT molecular complexity index is 393. The van der Waals surface area contributed by atoms with Crippen LogP contribution >= 0.6 is 11.6 Å². The molecular formula is C11H14ClNO2. The van der Waals surface area contributed by atoms with E-state index in [0.29, 0.717) is 17.3 Å². The highest BCUT2D eigenvalue weighted by atomic mass is 35.5. The Morgan fingerprint density at radius 1 is 1.67 bits per heavy atom. The van der Waals surface area contributed by atoms with Crippen LogP contribution in [0.2, 0.25) is 5.02 Å². The minimum absolute atomic E-state index is 0.0910. The van der Waals surface area contributed by atoms with E-state index in [-0.39, 0.29) is 11.9 Å². The largest absolute Gasteiger partial charge is 0.504 e. The van der Waals surface area contributed by atoms with Crippen molar-refractivity contribution in [2.45, 2.75) is 26.0 Å². The van der Waals surface area contributed by atoms with Crippen LogP contribution < -0.4 is 10.1 Å². The first-order chi connectivity index (χ1) is 7.13. The molecule has 1 aliphatic heterocycles. The summed E-state index contributed by atoms with van der Waals surface area (Å²) in [6, 6.07) is 1.80. The fraction of sp³-hybridized carbons (Fsp3) is 0.455. The molecule has 2 N–H and O–H groups in total. The summed E-state index contributed by atoms with van der Waals surface area (Å²) in [5, 5.41) is 13.6. The van der Waals surface area contributed by atoms with E-state index in [1.54, 1.807) is 6.07 Å². The number of hydrogen-bond donors (Lipinski definition) is 2. The van der Waals surface area contributed by atoms with Crippen molar-refractivity contribution in [3.05, 3.63) is 22.2 Å². The molecule has 3 nitrogen and oxygen atoms in total. The molecule has 0 radical (unpaired) electrons. The van der Waals surface area contributed by atoms with E-state index in [2.05, 4.69) is 5.32 Å². The molecule has 0 aromatic heterocycles. The van der Waals surface area contributed by atoms with Crippen molar-refractivity contribution in [3.8, 4) is 11.5 Å². The maximum atomic E-state index is 9.96. The van der Waals surface area contributed by atoms with E-state index in [1.165, 1.54) is 0 Å². The summed E-state index contributed by atoms with van der Waals surface area (Å²) in [4.78, 5) is 0. The summed E-state index contributed by atoms with van der Waals surface area (Å²) in [5.74, 6) is 0.772. The number of aromatic hydroxyl groups is 1. The van der Waals surface area contributed by atoms with Gasteiger partial charge in [0.15, 0.2) is 11.5 Å². The second-order valence-electron chi connectivity index (χ2n) is 3.84. The lowest BCUT2D eigenvalue weighted by Crippen LogP contribution is -2.06. The van der Waals surface area contributed by atoms with Gasteiger partial charge >= 0.3 is 0 Å². The van der Waals surface area contributed by atoms with Crippen LogP contribution in [0, 0.1) is 0 Å². The van der Waals surface area contributed by atoms with Gasteiger partial charge < -0.3 is 15.2 Å². The summed E-state index contributed by atoms with van der Waals surface area (Å²) < 4.78 is 5.54. The number of phenolic OH excluding ortho intramolecular Hbond substituents is 1. The molecule has 0 saturated heterocycles. The average molecular weight is 228 g/mol. The number of benzene rings is 1. The van der Waals surface area contributed by atoms with Crippen molar-refractivity contribution in [3.63, 3.8) is 0 Å². The molecule has 1 atom stereocenters. The molecule has 82 valence electrons. The van der Waals surface area contributed by atoms with Gasteiger partial charge in [0.2, 0.25) is 0 Å². The van der Waals surface area contributed by atoms with Gasteiger partial charge in [-0.05, 0) is 20.0 Å². The van der Waals surface area contributed by atoms with Crippen molar-refractivity contribution in [1.82, 2.24) is 5.32 Å². The van der Waals surface area contributed by atoms with Gasteiger partial charge in [0, 0.05) is 29.1 Å². The van der Waals surface area contributed by atoms with Crippen molar-refractivity contribution >= 4 is 11.6 Å². The lowest BCUT2D eigenvalue weighted by Gasteiger charge is -2.10. The topological polar surface area (TPSA) is 41.5 Å². The molecular weight excluding hydrogens is 214 g/mol. The highest BCUT2D eigenvalue weighted by molar-refractivity contribution is 6.31. The van der Waals surface area contributed by atoms with E-state index < -0.39 is 0 Å². The summed E-state index contributed by atoms with van der Waals surface area (Å²) in [6.45, 7) is 2.55. The molecule has 0 amide bonds. The Morgan fingerprint density at radius 2 is 2.40 bits per heavy atom. The second kappa shape index (κ2) is 3.91. The molecule has 0 bridgehead atoms. The normalized spacial score (nSPS) is 18.7. The summed E-state index contributed by atoms with van der Waals surface area (Å²) in [7, 11) is 1.82. The third kappa shape index (κ3) is 1.77. The molecule has 1 aliphatic rings. The zero-order valence-electron chi connectivity index (χ0n) is 8.80. The zero-order valence-corrected chi connectivity index (χ0v) is 9.56. The smallest absolute Gasteiger partial charge is 0.166 e. The van der Waals surface area contributed by atoms with Gasteiger partial charge in [0.25, 0.3) is 0 Å². The van der Waals surface area contributed by atoms with Gasteiger partial charge in [0.1, 0.15) is 6.10 Å². The second-order valence-corrected chi connectivity index (χ2v) is 4.24. The summed E-state index contributed by atoms with van der Waals surface area (Å²) in [5.41, 5.74) is 1.69. The van der Waals surface area contributed by atoms with E-state index in [1.807, 2.05) is 14.0 Å². The molecule has 4 heteroatoms. The van der Waals surface area contributed by atoms with E-state index in [9.17, 15) is 5.11 Å². The Labute approximate surface area is 94.0 Å². The molecule has 1 aromatic rings. The van der Waals surface area contributed by atoms with Crippen LogP contribution in [-0.4, -0.2) is 18.3 Å². The minimum atomic E-state index is 0.0910. The van der Waals surface area contributed by atoms with Crippen LogP contribution in [0.1, 0.15) is 18.1 Å².